The van der Waals surface area contributed by atoms with Gasteiger partial charge in [-0.3, -0.25) is 4.79 Å². The number of likely N-dealkylation sites (N-methyl/N-ethyl adjacent to an activating group) is 1. The van der Waals surface area contributed by atoms with Gasteiger partial charge in [0.25, 0.3) is 0 Å². The van der Waals surface area contributed by atoms with E-state index in [4.69, 9.17) is 0 Å². The van der Waals surface area contributed by atoms with E-state index in [1.807, 2.05) is 0 Å². The van der Waals surface area contributed by atoms with Gasteiger partial charge in [-0.05, 0) is 6.92 Å². The van der Waals surface area contributed by atoms with Gasteiger partial charge in [-0.1, -0.05) is 0 Å². The number of methoxy groups -OCH3 is 1. The second-order valence-electron chi connectivity index (χ2n) is 1.81. The molecule has 0 heterocycles. The number of carbonyl (C=O) groups is 2. The molecule has 0 saturated heterocycles. The van der Waals surface area contributed by atoms with Gasteiger partial charge in [-0.15, -0.1) is 0 Å². The largest absolute Gasteiger partial charge is 0.462 e. The van der Waals surface area contributed by atoms with Crippen molar-refractivity contribution in [3.8, 4) is 0 Å². The molecule has 0 atom stereocenters. The molecule has 0 saturated carbocycles. The van der Waals surface area contributed by atoms with Crippen LogP contribution in [0.2, 0.25) is 0 Å². The van der Waals surface area contributed by atoms with Gasteiger partial charge < -0.3 is 9.64 Å². The fourth-order valence-electron chi connectivity index (χ4n) is 0.387. The van der Waals surface area contributed by atoms with Crippen molar-refractivity contribution in [1.29, 1.82) is 0 Å². The van der Waals surface area contributed by atoms with Crippen molar-refractivity contribution in [2.45, 2.75) is 6.92 Å². The minimum atomic E-state index is -0.815. The first kappa shape index (κ1) is 8.94. The number of nitrogens with zero attached hydrogens (tertiary/aromatic N) is 1. The lowest BCUT2D eigenvalue weighted by atomic mass is 10.5. The summed E-state index contributed by atoms with van der Waals surface area (Å²) in [6, 6.07) is 0. The van der Waals surface area contributed by atoms with Crippen molar-refractivity contribution in [3.05, 3.63) is 0 Å². The first-order valence-electron chi connectivity index (χ1n) is 2.96. The second kappa shape index (κ2) is 3.87. The number of hydrogen-bond donors (Lipinski definition) is 0. The van der Waals surface area contributed by atoms with Crippen LogP contribution in [0, 0.1) is 0 Å². The van der Waals surface area contributed by atoms with Crippen LogP contribution >= 0.6 is 0 Å². The Morgan fingerprint density at radius 2 is 2.00 bits per heavy atom. The van der Waals surface area contributed by atoms with Crippen LogP contribution in [0.25, 0.3) is 0 Å². The van der Waals surface area contributed by atoms with Crippen molar-refractivity contribution in [1.82, 2.24) is 4.90 Å². The van der Waals surface area contributed by atoms with Crippen molar-refractivity contribution in [3.63, 3.8) is 0 Å². The summed E-state index contributed by atoms with van der Waals surface area (Å²) in [5.41, 5.74) is 0. The van der Waals surface area contributed by atoms with Gasteiger partial charge in [-0.25, -0.2) is 4.79 Å². The molecule has 0 rings (SSSR count). The lowest BCUT2D eigenvalue weighted by molar-refractivity contribution is -0.157. The van der Waals surface area contributed by atoms with E-state index in [9.17, 15) is 9.59 Å². The number of hydrogen-bond acceptors (Lipinski definition) is 3. The summed E-state index contributed by atoms with van der Waals surface area (Å²) in [7, 11) is 2.73. The Bertz CT molecular complexity index is 144. The summed E-state index contributed by atoms with van der Waals surface area (Å²) in [5, 5.41) is 0. The van der Waals surface area contributed by atoms with E-state index in [2.05, 4.69) is 4.74 Å². The Hall–Kier alpha value is -1.06. The van der Waals surface area contributed by atoms with Crippen LogP contribution in [0.15, 0.2) is 0 Å². The highest BCUT2D eigenvalue weighted by atomic mass is 16.5. The molecule has 0 aliphatic heterocycles. The van der Waals surface area contributed by atoms with Crippen LogP contribution < -0.4 is 0 Å². The first-order valence-corrected chi connectivity index (χ1v) is 2.96. The molecule has 0 bridgehead atoms. The van der Waals surface area contributed by atoms with Crippen molar-refractivity contribution in [2.75, 3.05) is 20.7 Å². The molecule has 0 aromatic rings. The highest BCUT2D eigenvalue weighted by molar-refractivity contribution is 6.32. The first-order chi connectivity index (χ1) is 4.63. The summed E-state index contributed by atoms with van der Waals surface area (Å²) in [4.78, 5) is 22.5. The second-order valence-corrected chi connectivity index (χ2v) is 1.81. The average Bonchev–Trinajstić information content (AvgIpc) is 2.00. The molecular weight excluding hydrogens is 134 g/mol. The van der Waals surface area contributed by atoms with E-state index in [1.165, 1.54) is 12.0 Å². The highest BCUT2D eigenvalue weighted by Gasteiger charge is 2.16. The third-order valence-electron chi connectivity index (χ3n) is 1.18. The molecule has 4 heteroatoms. The molecule has 4 nitrogen and oxygen atoms in total. The quantitative estimate of drug-likeness (QED) is 0.374. The van der Waals surface area contributed by atoms with Gasteiger partial charge in [0.05, 0.1) is 7.11 Å². The van der Waals surface area contributed by atoms with Crippen LogP contribution in [0.4, 0.5) is 0 Å². The van der Waals surface area contributed by atoms with Crippen LogP contribution in [0.5, 0.6) is 0 Å². The van der Waals surface area contributed by atoms with E-state index in [0.29, 0.717) is 6.54 Å². The molecule has 0 aromatic carbocycles. The molecule has 0 aromatic heterocycles. The molecular formula is C6H11NO3. The van der Waals surface area contributed by atoms with E-state index in [-0.39, 0.29) is 0 Å². The Balaban J connectivity index is 3.95. The molecule has 58 valence electrons. The molecule has 0 unspecified atom stereocenters. The SMILES string of the molecule is CCN(C)C(=O)C(=O)OC. The van der Waals surface area contributed by atoms with E-state index < -0.39 is 11.9 Å². The normalized spacial score (nSPS) is 8.70. The van der Waals surface area contributed by atoms with Crippen LogP contribution in [-0.2, 0) is 14.3 Å². The van der Waals surface area contributed by atoms with Crippen molar-refractivity contribution >= 4 is 11.9 Å². The standard InChI is InChI=1S/C6H11NO3/c1-4-7(2)5(8)6(9)10-3/h4H2,1-3H3. The zero-order valence-electron chi connectivity index (χ0n) is 6.38. The summed E-state index contributed by atoms with van der Waals surface area (Å²) < 4.78 is 4.20. The lowest BCUT2D eigenvalue weighted by Gasteiger charge is -2.11. The molecule has 0 spiro atoms. The average molecular weight is 145 g/mol. The predicted octanol–water partition coefficient (Wildman–Crippen LogP) is -0.362. The Morgan fingerprint density at radius 1 is 1.50 bits per heavy atom. The topological polar surface area (TPSA) is 46.6 Å². The minimum Gasteiger partial charge on any atom is -0.462 e. The number of amides is 1. The molecule has 0 aliphatic carbocycles. The number of rotatable bonds is 1. The maximum absolute atomic E-state index is 10.8. The van der Waals surface area contributed by atoms with E-state index in [0.717, 1.165) is 0 Å². The van der Waals surface area contributed by atoms with Gasteiger partial charge in [0, 0.05) is 13.6 Å². The van der Waals surface area contributed by atoms with E-state index >= 15 is 0 Å². The third-order valence-corrected chi connectivity index (χ3v) is 1.18. The Kier molecular flexibility index (Phi) is 3.46. The maximum atomic E-state index is 10.8. The highest BCUT2D eigenvalue weighted by Crippen LogP contribution is 1.85. The maximum Gasteiger partial charge on any atom is 0.396 e. The fraction of sp³-hybridized carbons (Fsp3) is 0.667. The van der Waals surface area contributed by atoms with Crippen molar-refractivity contribution < 1.29 is 14.3 Å². The Morgan fingerprint density at radius 3 is 2.30 bits per heavy atom. The van der Waals surface area contributed by atoms with Crippen molar-refractivity contribution in [2.24, 2.45) is 0 Å². The zero-order valence-corrected chi connectivity index (χ0v) is 6.38. The van der Waals surface area contributed by atoms with Crippen LogP contribution in [0.1, 0.15) is 6.92 Å². The minimum absolute atomic E-state index is 0.508. The summed E-state index contributed by atoms with van der Waals surface area (Å²) in [6.07, 6.45) is 0. The molecule has 0 N–H and O–H groups in total. The van der Waals surface area contributed by atoms with E-state index in [1.54, 1.807) is 14.0 Å². The summed E-state index contributed by atoms with van der Waals surface area (Å²) in [5.74, 6) is -1.42. The predicted molar refractivity (Wildman–Crippen MR) is 35.3 cm³/mol. The summed E-state index contributed by atoms with van der Waals surface area (Å²) >= 11 is 0. The van der Waals surface area contributed by atoms with Gasteiger partial charge in [-0.2, -0.15) is 0 Å². The lowest BCUT2D eigenvalue weighted by Crippen LogP contribution is -2.33. The van der Waals surface area contributed by atoms with Gasteiger partial charge in [0.1, 0.15) is 0 Å². The van der Waals surface area contributed by atoms with Gasteiger partial charge in [0.15, 0.2) is 0 Å². The monoisotopic (exact) mass is 145 g/mol. The molecule has 10 heavy (non-hydrogen) atoms. The van der Waals surface area contributed by atoms with Gasteiger partial charge in [0.2, 0.25) is 0 Å². The fourth-order valence-corrected chi connectivity index (χ4v) is 0.387. The Labute approximate surface area is 59.8 Å². The summed E-state index contributed by atoms with van der Waals surface area (Å²) in [6.45, 7) is 2.29. The third kappa shape index (κ3) is 2.05. The molecule has 0 fully saturated rings. The van der Waals surface area contributed by atoms with Crippen LogP contribution in [0.3, 0.4) is 0 Å². The van der Waals surface area contributed by atoms with Crippen LogP contribution in [-0.4, -0.2) is 37.5 Å². The number of ether oxygens (including phenoxy) is 1. The van der Waals surface area contributed by atoms with Gasteiger partial charge >= 0.3 is 11.9 Å². The molecule has 0 aliphatic rings. The smallest absolute Gasteiger partial charge is 0.396 e. The number of carbonyl (C=O) groups excluding carboxylic acids is 2. The molecule has 0 radical (unpaired) electrons. The zero-order chi connectivity index (χ0) is 8.15. The molecule has 1 amide bonds. The number of esters is 1.